The van der Waals surface area contributed by atoms with E-state index >= 15 is 0 Å². The number of amides is 1. The first kappa shape index (κ1) is 31.4. The molecule has 0 aliphatic heterocycles. The Bertz CT molecular complexity index is 1350. The molecule has 0 radical (unpaired) electrons. The molecule has 1 aromatic heterocycles. The second kappa shape index (κ2) is 14.5. The van der Waals surface area contributed by atoms with E-state index in [1.807, 2.05) is 71.3 Å². The molecule has 0 aliphatic rings. The average molecular weight is 587 g/mol. The number of hydrogen-bond acceptors (Lipinski definition) is 5. The van der Waals surface area contributed by atoms with Gasteiger partial charge < -0.3 is 20.1 Å². The van der Waals surface area contributed by atoms with Crippen molar-refractivity contribution in [3.8, 4) is 28.1 Å². The highest BCUT2D eigenvalue weighted by molar-refractivity contribution is 6.33. The van der Waals surface area contributed by atoms with E-state index in [1.165, 1.54) is 0 Å². The van der Waals surface area contributed by atoms with Crippen LogP contribution in [0.2, 0.25) is 10.0 Å². The van der Waals surface area contributed by atoms with Gasteiger partial charge in [0.1, 0.15) is 11.4 Å². The predicted molar refractivity (Wildman–Crippen MR) is 161 cm³/mol. The molecule has 0 spiro atoms. The van der Waals surface area contributed by atoms with Crippen LogP contribution >= 0.6 is 23.2 Å². The van der Waals surface area contributed by atoms with E-state index < -0.39 is 17.9 Å². The Morgan fingerprint density at radius 2 is 1.77 bits per heavy atom. The molecule has 9 heteroatoms. The average Bonchev–Trinajstić information content (AvgIpc) is 2.91. The Kier molecular flexibility index (Phi) is 11.4. The molecule has 3 aromatic rings. The van der Waals surface area contributed by atoms with Crippen LogP contribution in [-0.2, 0) is 4.79 Å². The van der Waals surface area contributed by atoms with Crippen molar-refractivity contribution in [3.63, 3.8) is 0 Å². The summed E-state index contributed by atoms with van der Waals surface area (Å²) >= 11 is 13.1. The SMILES string of the molecule is CCC(C)[C@H](CC(=O)O)NC(=O)c1ccc(-c2cc(C)ccc2Cl)c(-c2ccc(Cl)c(OCCCN(C)C)c2)n1. The van der Waals surface area contributed by atoms with Gasteiger partial charge in [-0.25, -0.2) is 4.98 Å². The molecule has 2 aromatic carbocycles. The number of carboxylic acid groups (broad SMARTS) is 1. The normalized spacial score (nSPS) is 12.7. The highest BCUT2D eigenvalue weighted by atomic mass is 35.5. The van der Waals surface area contributed by atoms with E-state index in [0.29, 0.717) is 33.7 Å². The van der Waals surface area contributed by atoms with Gasteiger partial charge in [-0.15, -0.1) is 0 Å². The molecule has 0 bridgehead atoms. The molecule has 2 N–H and O–H groups in total. The second-order valence-electron chi connectivity index (χ2n) is 10.3. The van der Waals surface area contributed by atoms with Crippen molar-refractivity contribution in [2.24, 2.45) is 5.92 Å². The molecule has 214 valence electrons. The lowest BCUT2D eigenvalue weighted by atomic mass is 9.95. The number of pyridine rings is 1. The third-order valence-electron chi connectivity index (χ3n) is 6.79. The first-order valence-electron chi connectivity index (χ1n) is 13.4. The first-order valence-corrected chi connectivity index (χ1v) is 14.1. The van der Waals surface area contributed by atoms with Crippen molar-refractivity contribution < 1.29 is 19.4 Å². The molecular weight excluding hydrogens is 549 g/mol. The molecule has 1 amide bonds. The summed E-state index contributed by atoms with van der Waals surface area (Å²) in [7, 11) is 4.01. The fraction of sp³-hybridized carbons (Fsp3) is 0.387. The lowest BCUT2D eigenvalue weighted by Crippen LogP contribution is -2.41. The number of aromatic nitrogens is 1. The fourth-order valence-corrected chi connectivity index (χ4v) is 4.69. The minimum atomic E-state index is -0.969. The Morgan fingerprint density at radius 1 is 1.05 bits per heavy atom. The summed E-state index contributed by atoms with van der Waals surface area (Å²) in [6.45, 7) is 7.24. The van der Waals surface area contributed by atoms with E-state index in [2.05, 4.69) is 10.2 Å². The number of carboxylic acids is 1. The molecule has 7 nitrogen and oxygen atoms in total. The van der Waals surface area contributed by atoms with Gasteiger partial charge in [-0.2, -0.15) is 0 Å². The summed E-state index contributed by atoms with van der Waals surface area (Å²) in [6, 6.07) is 14.1. The topological polar surface area (TPSA) is 91.8 Å². The Labute approximate surface area is 246 Å². The minimum absolute atomic E-state index is 0.0200. The van der Waals surface area contributed by atoms with Gasteiger partial charge in [0.15, 0.2) is 0 Å². The van der Waals surface area contributed by atoms with E-state index in [9.17, 15) is 14.7 Å². The lowest BCUT2D eigenvalue weighted by Gasteiger charge is -2.23. The van der Waals surface area contributed by atoms with Crippen LogP contribution in [0.3, 0.4) is 0 Å². The molecule has 3 rings (SSSR count). The number of nitrogens with one attached hydrogen (secondary N) is 1. The molecule has 1 unspecified atom stereocenters. The highest BCUT2D eigenvalue weighted by Gasteiger charge is 2.24. The van der Waals surface area contributed by atoms with Crippen LogP contribution in [0.15, 0.2) is 48.5 Å². The zero-order chi connectivity index (χ0) is 29.4. The van der Waals surface area contributed by atoms with E-state index in [1.54, 1.807) is 12.1 Å². The second-order valence-corrected chi connectivity index (χ2v) is 11.1. The number of halogens is 2. The van der Waals surface area contributed by atoms with Crippen molar-refractivity contribution in [2.45, 2.75) is 46.1 Å². The zero-order valence-corrected chi connectivity index (χ0v) is 25.1. The number of aryl methyl sites for hydroxylation is 1. The predicted octanol–water partition coefficient (Wildman–Crippen LogP) is 6.98. The van der Waals surface area contributed by atoms with Crippen LogP contribution in [0, 0.1) is 12.8 Å². The number of carbonyl (C=O) groups excluding carboxylic acids is 1. The summed E-state index contributed by atoms with van der Waals surface area (Å²) < 4.78 is 6.00. The number of hydrogen-bond donors (Lipinski definition) is 2. The van der Waals surface area contributed by atoms with Gasteiger partial charge in [-0.05, 0) is 69.8 Å². The fourth-order valence-electron chi connectivity index (χ4n) is 4.30. The summed E-state index contributed by atoms with van der Waals surface area (Å²) in [5.41, 5.74) is 3.97. The van der Waals surface area contributed by atoms with Crippen molar-refractivity contribution in [1.82, 2.24) is 15.2 Å². The Morgan fingerprint density at radius 3 is 2.45 bits per heavy atom. The molecular formula is C31H37Cl2N3O4. The maximum atomic E-state index is 13.3. The van der Waals surface area contributed by atoms with E-state index in [4.69, 9.17) is 32.9 Å². The van der Waals surface area contributed by atoms with Crippen molar-refractivity contribution >= 4 is 35.1 Å². The first-order chi connectivity index (χ1) is 19.0. The smallest absolute Gasteiger partial charge is 0.305 e. The van der Waals surface area contributed by atoms with Crippen LogP contribution in [-0.4, -0.2) is 60.2 Å². The van der Waals surface area contributed by atoms with Gasteiger partial charge in [0.05, 0.1) is 23.7 Å². The van der Waals surface area contributed by atoms with Gasteiger partial charge in [-0.1, -0.05) is 61.2 Å². The largest absolute Gasteiger partial charge is 0.492 e. The van der Waals surface area contributed by atoms with Crippen LogP contribution in [0.1, 0.15) is 49.2 Å². The van der Waals surface area contributed by atoms with Gasteiger partial charge >= 0.3 is 5.97 Å². The van der Waals surface area contributed by atoms with Gasteiger partial charge in [0.2, 0.25) is 0 Å². The van der Waals surface area contributed by atoms with Crippen molar-refractivity contribution in [1.29, 1.82) is 0 Å². The van der Waals surface area contributed by atoms with E-state index in [-0.39, 0.29) is 18.0 Å². The zero-order valence-electron chi connectivity index (χ0n) is 23.6. The van der Waals surface area contributed by atoms with Crippen molar-refractivity contribution in [2.75, 3.05) is 27.2 Å². The maximum absolute atomic E-state index is 13.3. The third kappa shape index (κ3) is 8.43. The summed E-state index contributed by atoms with van der Waals surface area (Å²) in [6.07, 6.45) is 1.39. The number of benzene rings is 2. The third-order valence-corrected chi connectivity index (χ3v) is 7.44. The minimum Gasteiger partial charge on any atom is -0.492 e. The lowest BCUT2D eigenvalue weighted by molar-refractivity contribution is -0.137. The molecule has 0 saturated heterocycles. The summed E-state index contributed by atoms with van der Waals surface area (Å²) in [5, 5.41) is 13.3. The maximum Gasteiger partial charge on any atom is 0.305 e. The number of aliphatic carboxylic acids is 1. The molecule has 40 heavy (non-hydrogen) atoms. The number of carbonyl (C=O) groups is 2. The van der Waals surface area contributed by atoms with Crippen molar-refractivity contribution in [3.05, 3.63) is 69.8 Å². The number of rotatable bonds is 13. The highest BCUT2D eigenvalue weighted by Crippen LogP contribution is 2.38. The standard InChI is InChI=1S/C31H37Cl2N3O4/c1-6-20(3)27(18-29(37)38)35-31(39)26-13-10-22(23-16-19(2)8-11-24(23)32)30(34-26)21-9-12-25(33)28(17-21)40-15-7-14-36(4)5/h8-13,16-17,20,27H,6-7,14-15,18H2,1-5H3,(H,35,39)(H,37,38)/t20?,27-/m0/s1. The molecule has 0 fully saturated rings. The van der Waals surface area contributed by atoms with Crippen LogP contribution in [0.5, 0.6) is 5.75 Å². The Hall–Kier alpha value is -3.13. The number of ether oxygens (including phenoxy) is 1. The quantitative estimate of drug-likeness (QED) is 0.210. The molecule has 0 aliphatic carbocycles. The summed E-state index contributed by atoms with van der Waals surface area (Å²) in [4.78, 5) is 31.6. The van der Waals surface area contributed by atoms with Crippen LogP contribution in [0.25, 0.3) is 22.4 Å². The number of nitrogens with zero attached hydrogens (tertiary/aromatic N) is 2. The monoisotopic (exact) mass is 585 g/mol. The molecule has 0 saturated carbocycles. The van der Waals surface area contributed by atoms with Gasteiger partial charge in [0, 0.05) is 34.3 Å². The Balaban J connectivity index is 2.06. The molecule has 1 heterocycles. The van der Waals surface area contributed by atoms with Crippen LogP contribution in [0.4, 0.5) is 0 Å². The van der Waals surface area contributed by atoms with E-state index in [0.717, 1.165) is 36.1 Å². The molecule has 2 atom stereocenters. The van der Waals surface area contributed by atoms with Gasteiger partial charge in [0.25, 0.3) is 5.91 Å². The summed E-state index contributed by atoms with van der Waals surface area (Å²) in [5.74, 6) is -0.908. The van der Waals surface area contributed by atoms with Crippen LogP contribution < -0.4 is 10.1 Å². The van der Waals surface area contributed by atoms with Gasteiger partial charge in [-0.3, -0.25) is 9.59 Å².